The molecule has 0 radical (unpaired) electrons. The predicted octanol–water partition coefficient (Wildman–Crippen LogP) is 4.76. The molecule has 5 nitrogen and oxygen atoms in total. The van der Waals surface area contributed by atoms with Gasteiger partial charge in [0.25, 0.3) is 5.91 Å². The Morgan fingerprint density at radius 3 is 2.43 bits per heavy atom. The highest BCUT2D eigenvalue weighted by Crippen LogP contribution is 2.21. The first kappa shape index (κ1) is 19.4. The SMILES string of the molecule is COc1ccc(NC(=O)c2cc(N(Cc3ccccc3)C(C)C)ccn2)cc1. The van der Waals surface area contributed by atoms with Crippen molar-refractivity contribution in [2.24, 2.45) is 0 Å². The van der Waals surface area contributed by atoms with Gasteiger partial charge in [0.1, 0.15) is 11.4 Å². The number of pyridine rings is 1. The molecule has 0 fully saturated rings. The molecule has 28 heavy (non-hydrogen) atoms. The number of ether oxygens (including phenoxy) is 1. The van der Waals surface area contributed by atoms with Crippen LogP contribution in [0.25, 0.3) is 0 Å². The van der Waals surface area contributed by atoms with Crippen molar-refractivity contribution >= 4 is 17.3 Å². The highest BCUT2D eigenvalue weighted by Gasteiger charge is 2.15. The van der Waals surface area contributed by atoms with Crippen LogP contribution in [-0.2, 0) is 6.54 Å². The van der Waals surface area contributed by atoms with Crippen molar-refractivity contribution in [2.75, 3.05) is 17.3 Å². The average molecular weight is 375 g/mol. The van der Waals surface area contributed by atoms with E-state index in [-0.39, 0.29) is 11.9 Å². The smallest absolute Gasteiger partial charge is 0.274 e. The standard InChI is InChI=1S/C23H25N3O2/c1-17(2)26(16-18-7-5-4-6-8-18)20-13-14-24-22(15-20)23(27)25-19-9-11-21(28-3)12-10-19/h4-15,17H,16H2,1-3H3,(H,25,27). The molecule has 0 aliphatic carbocycles. The van der Waals surface area contributed by atoms with Gasteiger partial charge in [-0.25, -0.2) is 0 Å². The third-order valence-electron chi connectivity index (χ3n) is 4.47. The lowest BCUT2D eigenvalue weighted by Crippen LogP contribution is -2.30. The lowest BCUT2D eigenvalue weighted by Gasteiger charge is -2.29. The number of amides is 1. The molecule has 3 aromatic rings. The number of benzene rings is 2. The highest BCUT2D eigenvalue weighted by atomic mass is 16.5. The number of nitrogens with one attached hydrogen (secondary N) is 1. The van der Waals surface area contributed by atoms with Crippen molar-refractivity contribution in [1.29, 1.82) is 0 Å². The van der Waals surface area contributed by atoms with E-state index in [9.17, 15) is 4.79 Å². The first-order chi connectivity index (χ1) is 13.6. The number of rotatable bonds is 7. The van der Waals surface area contributed by atoms with Crippen LogP contribution in [0.15, 0.2) is 72.9 Å². The van der Waals surface area contributed by atoms with Gasteiger partial charge in [0.15, 0.2) is 0 Å². The average Bonchev–Trinajstić information content (AvgIpc) is 2.73. The quantitative estimate of drug-likeness (QED) is 0.647. The second-order valence-electron chi connectivity index (χ2n) is 6.79. The zero-order valence-electron chi connectivity index (χ0n) is 16.4. The summed E-state index contributed by atoms with van der Waals surface area (Å²) in [5, 5.41) is 2.88. The Hall–Kier alpha value is -3.34. The van der Waals surface area contributed by atoms with Crippen LogP contribution < -0.4 is 15.0 Å². The van der Waals surface area contributed by atoms with E-state index in [1.54, 1.807) is 37.6 Å². The van der Waals surface area contributed by atoms with E-state index < -0.39 is 0 Å². The van der Waals surface area contributed by atoms with Crippen LogP contribution >= 0.6 is 0 Å². The largest absolute Gasteiger partial charge is 0.497 e. The van der Waals surface area contributed by atoms with E-state index in [4.69, 9.17) is 4.74 Å². The fourth-order valence-corrected chi connectivity index (χ4v) is 2.94. The summed E-state index contributed by atoms with van der Waals surface area (Å²) in [6, 6.07) is 21.6. The van der Waals surface area contributed by atoms with Crippen molar-refractivity contribution in [3.8, 4) is 5.75 Å². The van der Waals surface area contributed by atoms with Gasteiger partial charge in [0.05, 0.1) is 7.11 Å². The van der Waals surface area contributed by atoms with Gasteiger partial charge in [-0.2, -0.15) is 0 Å². The molecule has 0 unspecified atom stereocenters. The molecule has 1 heterocycles. The lowest BCUT2D eigenvalue weighted by molar-refractivity contribution is 0.102. The number of hydrogen-bond acceptors (Lipinski definition) is 4. The summed E-state index contributed by atoms with van der Waals surface area (Å²) < 4.78 is 5.14. The number of methoxy groups -OCH3 is 1. The number of hydrogen-bond donors (Lipinski definition) is 1. The topological polar surface area (TPSA) is 54.5 Å². The maximum absolute atomic E-state index is 12.6. The molecule has 144 valence electrons. The maximum Gasteiger partial charge on any atom is 0.274 e. The minimum absolute atomic E-state index is 0.240. The lowest BCUT2D eigenvalue weighted by atomic mass is 10.1. The van der Waals surface area contributed by atoms with Crippen LogP contribution in [0, 0.1) is 0 Å². The van der Waals surface area contributed by atoms with Gasteiger partial charge in [-0.3, -0.25) is 9.78 Å². The Kier molecular flexibility index (Phi) is 6.27. The molecule has 0 aliphatic rings. The third kappa shape index (κ3) is 4.88. The summed E-state index contributed by atoms with van der Waals surface area (Å²) in [5.41, 5.74) is 3.26. The first-order valence-electron chi connectivity index (χ1n) is 9.29. The molecule has 0 atom stereocenters. The number of aromatic nitrogens is 1. The van der Waals surface area contributed by atoms with Crippen molar-refractivity contribution in [2.45, 2.75) is 26.4 Å². The fraction of sp³-hybridized carbons (Fsp3) is 0.217. The summed E-state index contributed by atoms with van der Waals surface area (Å²) >= 11 is 0. The summed E-state index contributed by atoms with van der Waals surface area (Å²) in [6.07, 6.45) is 1.68. The van der Waals surface area contributed by atoms with Gasteiger partial charge < -0.3 is 15.0 Å². The van der Waals surface area contributed by atoms with E-state index in [1.165, 1.54) is 5.56 Å². The summed E-state index contributed by atoms with van der Waals surface area (Å²) in [7, 11) is 1.61. The van der Waals surface area contributed by atoms with E-state index in [2.05, 4.69) is 41.2 Å². The van der Waals surface area contributed by atoms with Gasteiger partial charge in [0.2, 0.25) is 0 Å². The van der Waals surface area contributed by atoms with Gasteiger partial charge in [-0.15, -0.1) is 0 Å². The molecule has 0 spiro atoms. The summed E-state index contributed by atoms with van der Waals surface area (Å²) in [6.45, 7) is 5.04. The van der Waals surface area contributed by atoms with Crippen molar-refractivity contribution in [3.63, 3.8) is 0 Å². The van der Waals surface area contributed by atoms with E-state index in [1.807, 2.05) is 30.3 Å². The second-order valence-corrected chi connectivity index (χ2v) is 6.79. The van der Waals surface area contributed by atoms with Crippen LogP contribution in [0.4, 0.5) is 11.4 Å². The van der Waals surface area contributed by atoms with Crippen LogP contribution in [0.5, 0.6) is 5.75 Å². The molecule has 1 aromatic heterocycles. The van der Waals surface area contributed by atoms with E-state index in [0.717, 1.165) is 18.0 Å². The van der Waals surface area contributed by atoms with E-state index >= 15 is 0 Å². The summed E-state index contributed by atoms with van der Waals surface area (Å²) in [4.78, 5) is 19.2. The van der Waals surface area contributed by atoms with Crippen molar-refractivity contribution in [3.05, 3.63) is 84.2 Å². The molecule has 0 aliphatic heterocycles. The van der Waals surface area contributed by atoms with Crippen molar-refractivity contribution in [1.82, 2.24) is 4.98 Å². The van der Waals surface area contributed by atoms with Gasteiger partial charge in [-0.1, -0.05) is 30.3 Å². The Balaban J connectivity index is 1.78. The number of nitrogens with zero attached hydrogens (tertiary/aromatic N) is 2. The monoisotopic (exact) mass is 375 g/mol. The number of carbonyl (C=O) groups excluding carboxylic acids is 1. The Morgan fingerprint density at radius 1 is 1.07 bits per heavy atom. The van der Waals surface area contributed by atoms with Gasteiger partial charge in [-0.05, 0) is 55.8 Å². The zero-order valence-corrected chi connectivity index (χ0v) is 16.4. The minimum atomic E-state index is -0.240. The normalized spacial score (nSPS) is 10.6. The molecule has 0 bridgehead atoms. The first-order valence-corrected chi connectivity index (χ1v) is 9.29. The van der Waals surface area contributed by atoms with E-state index in [0.29, 0.717) is 11.4 Å². The summed E-state index contributed by atoms with van der Waals surface area (Å²) in [5.74, 6) is 0.502. The number of anilines is 2. The van der Waals surface area contributed by atoms with Gasteiger partial charge >= 0.3 is 0 Å². The van der Waals surface area contributed by atoms with Crippen LogP contribution in [0.3, 0.4) is 0 Å². The van der Waals surface area contributed by atoms with Crippen LogP contribution in [0.2, 0.25) is 0 Å². The highest BCUT2D eigenvalue weighted by molar-refractivity contribution is 6.03. The molecular formula is C23H25N3O2. The Labute approximate surface area is 166 Å². The molecular weight excluding hydrogens is 350 g/mol. The fourth-order valence-electron chi connectivity index (χ4n) is 2.94. The number of carbonyl (C=O) groups is 1. The molecule has 1 N–H and O–H groups in total. The predicted molar refractivity (Wildman–Crippen MR) is 113 cm³/mol. The van der Waals surface area contributed by atoms with Crippen molar-refractivity contribution < 1.29 is 9.53 Å². The third-order valence-corrected chi connectivity index (χ3v) is 4.47. The minimum Gasteiger partial charge on any atom is -0.497 e. The Bertz CT molecular complexity index is 909. The zero-order chi connectivity index (χ0) is 19.9. The maximum atomic E-state index is 12.6. The molecule has 1 amide bonds. The van der Waals surface area contributed by atoms with Crippen LogP contribution in [-0.4, -0.2) is 24.0 Å². The molecule has 2 aromatic carbocycles. The molecule has 3 rings (SSSR count). The second kappa shape index (κ2) is 9.04. The molecule has 0 saturated heterocycles. The Morgan fingerprint density at radius 2 is 1.79 bits per heavy atom. The van der Waals surface area contributed by atoms with Crippen LogP contribution in [0.1, 0.15) is 29.9 Å². The van der Waals surface area contributed by atoms with Gasteiger partial charge in [0, 0.05) is 30.2 Å². The molecule has 5 heteroatoms. The molecule has 0 saturated carbocycles.